The van der Waals surface area contributed by atoms with Crippen LogP contribution in [-0.2, 0) is 0 Å². The molecule has 0 unspecified atom stereocenters. The van der Waals surface area contributed by atoms with Crippen LogP contribution in [0.3, 0.4) is 0 Å². The lowest BCUT2D eigenvalue weighted by Gasteiger charge is -2.18. The Morgan fingerprint density at radius 2 is 2.20 bits per heavy atom. The van der Waals surface area contributed by atoms with Crippen LogP contribution in [-0.4, -0.2) is 47.0 Å². The van der Waals surface area contributed by atoms with Crippen LogP contribution < -0.4 is 11.0 Å². The minimum absolute atomic E-state index is 0.114. The predicted molar refractivity (Wildman–Crippen MR) is 54.8 cm³/mol. The maximum Gasteiger partial charge on any atom is 0.323 e. The van der Waals surface area contributed by atoms with Gasteiger partial charge in [-0.2, -0.15) is 0 Å². The van der Waals surface area contributed by atoms with Crippen molar-refractivity contribution < 1.29 is 4.79 Å². The fourth-order valence-electron chi connectivity index (χ4n) is 1.67. The van der Waals surface area contributed by atoms with Crippen LogP contribution in [0.15, 0.2) is 11.0 Å². The first-order valence-corrected chi connectivity index (χ1v) is 5.05. The summed E-state index contributed by atoms with van der Waals surface area (Å²) in [6, 6.07) is 0. The number of imidazole rings is 1. The lowest BCUT2D eigenvalue weighted by Crippen LogP contribution is -2.34. The molecular formula is C9H14N4O2. The van der Waals surface area contributed by atoms with E-state index in [1.54, 1.807) is 4.90 Å². The van der Waals surface area contributed by atoms with Crippen molar-refractivity contribution in [1.82, 2.24) is 20.2 Å². The Hall–Kier alpha value is -1.56. The summed E-state index contributed by atoms with van der Waals surface area (Å²) in [5.41, 5.74) is -0.00630. The molecule has 0 aromatic carbocycles. The van der Waals surface area contributed by atoms with Crippen molar-refractivity contribution in [2.75, 3.05) is 26.2 Å². The Bertz CT molecular complexity index is 387. The van der Waals surface area contributed by atoms with Crippen molar-refractivity contribution in [3.05, 3.63) is 22.4 Å². The Labute approximate surface area is 86.7 Å². The number of aromatic nitrogens is 2. The normalized spacial score (nSPS) is 17.5. The third-order valence-electron chi connectivity index (χ3n) is 2.45. The fraction of sp³-hybridized carbons (Fsp3) is 0.556. The SMILES string of the molecule is O=C(c1c[nH]c(=O)[nH]1)N1CCCNCC1. The van der Waals surface area contributed by atoms with Gasteiger partial charge in [0, 0.05) is 25.8 Å². The molecule has 0 aliphatic carbocycles. The first-order valence-electron chi connectivity index (χ1n) is 5.05. The molecule has 0 saturated carbocycles. The second-order valence-corrected chi connectivity index (χ2v) is 3.55. The van der Waals surface area contributed by atoms with Gasteiger partial charge in [0.15, 0.2) is 0 Å². The largest absolute Gasteiger partial charge is 0.336 e. The molecule has 1 amide bonds. The van der Waals surface area contributed by atoms with Crippen LogP contribution in [0.5, 0.6) is 0 Å². The zero-order valence-corrected chi connectivity index (χ0v) is 8.38. The molecule has 6 heteroatoms. The number of carbonyl (C=O) groups is 1. The van der Waals surface area contributed by atoms with Crippen LogP contribution >= 0.6 is 0 Å². The topological polar surface area (TPSA) is 81.0 Å². The van der Waals surface area contributed by atoms with E-state index < -0.39 is 0 Å². The van der Waals surface area contributed by atoms with Crippen molar-refractivity contribution in [2.45, 2.75) is 6.42 Å². The van der Waals surface area contributed by atoms with E-state index in [1.165, 1.54) is 6.20 Å². The summed E-state index contributed by atoms with van der Waals surface area (Å²) in [6.45, 7) is 3.17. The number of carbonyl (C=O) groups excluding carboxylic acids is 1. The van der Waals surface area contributed by atoms with Crippen LogP contribution in [0.1, 0.15) is 16.9 Å². The third kappa shape index (κ3) is 2.27. The molecular weight excluding hydrogens is 196 g/mol. The van der Waals surface area contributed by atoms with Crippen LogP contribution in [0, 0.1) is 0 Å². The van der Waals surface area contributed by atoms with Crippen molar-refractivity contribution in [3.8, 4) is 0 Å². The minimum Gasteiger partial charge on any atom is -0.336 e. The molecule has 82 valence electrons. The Kier molecular flexibility index (Phi) is 2.86. The van der Waals surface area contributed by atoms with E-state index in [2.05, 4.69) is 15.3 Å². The third-order valence-corrected chi connectivity index (χ3v) is 2.45. The first-order chi connectivity index (χ1) is 7.27. The molecule has 0 spiro atoms. The van der Waals surface area contributed by atoms with E-state index in [0.29, 0.717) is 12.2 Å². The van der Waals surface area contributed by atoms with E-state index in [1.807, 2.05) is 0 Å². The summed E-state index contributed by atoms with van der Waals surface area (Å²) in [5.74, 6) is -0.114. The molecule has 1 fully saturated rings. The summed E-state index contributed by atoms with van der Waals surface area (Å²) in [5, 5.41) is 3.22. The number of H-pyrrole nitrogens is 2. The van der Waals surface area contributed by atoms with E-state index in [9.17, 15) is 9.59 Å². The zero-order chi connectivity index (χ0) is 10.7. The standard InChI is InChI=1S/C9H14N4O2/c14-8(7-6-11-9(15)12-7)13-4-1-2-10-3-5-13/h6,10H,1-5H2,(H2,11,12,15). The van der Waals surface area contributed by atoms with Gasteiger partial charge < -0.3 is 20.2 Å². The highest BCUT2D eigenvalue weighted by atomic mass is 16.2. The lowest BCUT2D eigenvalue weighted by atomic mass is 10.3. The summed E-state index contributed by atoms with van der Waals surface area (Å²) in [4.78, 5) is 29.4. The number of nitrogens with one attached hydrogen (secondary N) is 3. The molecule has 0 radical (unpaired) electrons. The van der Waals surface area contributed by atoms with Crippen LogP contribution in [0.4, 0.5) is 0 Å². The van der Waals surface area contributed by atoms with Gasteiger partial charge in [0.25, 0.3) is 5.91 Å². The molecule has 0 atom stereocenters. The second-order valence-electron chi connectivity index (χ2n) is 3.55. The summed E-state index contributed by atoms with van der Waals surface area (Å²) in [6.07, 6.45) is 2.36. The van der Waals surface area contributed by atoms with Gasteiger partial charge in [-0.05, 0) is 13.0 Å². The number of hydrogen-bond acceptors (Lipinski definition) is 3. The monoisotopic (exact) mass is 210 g/mol. The average molecular weight is 210 g/mol. The fourth-order valence-corrected chi connectivity index (χ4v) is 1.67. The average Bonchev–Trinajstić information content (AvgIpc) is 2.53. The van der Waals surface area contributed by atoms with Gasteiger partial charge in [0.1, 0.15) is 5.69 Å². The molecule has 15 heavy (non-hydrogen) atoms. The van der Waals surface area contributed by atoms with Crippen LogP contribution in [0.25, 0.3) is 0 Å². The van der Waals surface area contributed by atoms with E-state index in [0.717, 1.165) is 26.1 Å². The van der Waals surface area contributed by atoms with Crippen molar-refractivity contribution in [3.63, 3.8) is 0 Å². The maximum absolute atomic E-state index is 11.9. The smallest absolute Gasteiger partial charge is 0.323 e. The van der Waals surface area contributed by atoms with E-state index in [4.69, 9.17) is 0 Å². The number of rotatable bonds is 1. The van der Waals surface area contributed by atoms with Gasteiger partial charge in [-0.15, -0.1) is 0 Å². The first kappa shape index (κ1) is 9.97. The van der Waals surface area contributed by atoms with E-state index >= 15 is 0 Å². The number of hydrogen-bond donors (Lipinski definition) is 3. The summed E-state index contributed by atoms with van der Waals surface area (Å²) >= 11 is 0. The second kappa shape index (κ2) is 4.31. The Morgan fingerprint density at radius 1 is 1.33 bits per heavy atom. The van der Waals surface area contributed by atoms with Gasteiger partial charge in [0.05, 0.1) is 0 Å². The Morgan fingerprint density at radius 3 is 2.93 bits per heavy atom. The summed E-state index contributed by atoms with van der Waals surface area (Å²) in [7, 11) is 0. The highest BCUT2D eigenvalue weighted by Gasteiger charge is 2.18. The number of aromatic amines is 2. The molecule has 1 aliphatic rings. The molecule has 0 bridgehead atoms. The van der Waals surface area contributed by atoms with Crippen LogP contribution in [0.2, 0.25) is 0 Å². The van der Waals surface area contributed by atoms with Crippen molar-refractivity contribution in [2.24, 2.45) is 0 Å². The molecule has 2 rings (SSSR count). The van der Waals surface area contributed by atoms with Crippen molar-refractivity contribution in [1.29, 1.82) is 0 Å². The van der Waals surface area contributed by atoms with Gasteiger partial charge in [-0.3, -0.25) is 4.79 Å². The zero-order valence-electron chi connectivity index (χ0n) is 8.38. The highest BCUT2D eigenvalue weighted by Crippen LogP contribution is 2.01. The molecule has 1 saturated heterocycles. The molecule has 6 nitrogen and oxygen atoms in total. The number of nitrogens with zero attached hydrogens (tertiary/aromatic N) is 1. The maximum atomic E-state index is 11.9. The molecule has 1 aliphatic heterocycles. The van der Waals surface area contributed by atoms with Gasteiger partial charge >= 0.3 is 5.69 Å². The Balaban J connectivity index is 2.09. The minimum atomic E-state index is -0.341. The van der Waals surface area contributed by atoms with Gasteiger partial charge in [0.2, 0.25) is 0 Å². The molecule has 1 aromatic heterocycles. The van der Waals surface area contributed by atoms with E-state index in [-0.39, 0.29) is 11.6 Å². The highest BCUT2D eigenvalue weighted by molar-refractivity contribution is 5.92. The summed E-state index contributed by atoms with van der Waals surface area (Å²) < 4.78 is 0. The predicted octanol–water partition coefficient (Wildman–Crippen LogP) is -0.861. The van der Waals surface area contributed by atoms with Gasteiger partial charge in [-0.25, -0.2) is 4.79 Å². The van der Waals surface area contributed by atoms with Crippen molar-refractivity contribution >= 4 is 5.91 Å². The molecule has 3 N–H and O–H groups in total. The lowest BCUT2D eigenvalue weighted by molar-refractivity contribution is 0.0761. The number of amides is 1. The molecule has 2 heterocycles. The van der Waals surface area contributed by atoms with Gasteiger partial charge in [-0.1, -0.05) is 0 Å². The quantitative estimate of drug-likeness (QED) is 0.564. The molecule has 1 aromatic rings.